The Labute approximate surface area is 111 Å². The van der Waals surface area contributed by atoms with Gasteiger partial charge in [0.25, 0.3) is 0 Å². The van der Waals surface area contributed by atoms with Crippen molar-refractivity contribution in [2.75, 3.05) is 11.4 Å². The lowest BCUT2D eigenvalue weighted by atomic mass is 10.0. The maximum absolute atomic E-state index is 6.08. The van der Waals surface area contributed by atoms with E-state index in [4.69, 9.17) is 5.73 Å². The molecule has 102 valence electrons. The second-order valence-electron chi connectivity index (χ2n) is 5.15. The van der Waals surface area contributed by atoms with Gasteiger partial charge in [-0.2, -0.15) is 0 Å². The summed E-state index contributed by atoms with van der Waals surface area (Å²) in [6.45, 7) is 9.81. The van der Waals surface area contributed by atoms with Crippen molar-refractivity contribution >= 4 is 5.82 Å². The first kappa shape index (κ1) is 15.0. The molecule has 0 bridgehead atoms. The van der Waals surface area contributed by atoms with E-state index in [-0.39, 0.29) is 6.04 Å². The van der Waals surface area contributed by atoms with Gasteiger partial charge in [0.05, 0.1) is 0 Å². The van der Waals surface area contributed by atoms with Crippen LogP contribution in [0.5, 0.6) is 0 Å². The third-order valence-electron chi connectivity index (χ3n) is 3.23. The maximum Gasteiger partial charge on any atom is 0.131 e. The average molecular weight is 249 g/mol. The number of nitrogens with zero attached hydrogens (tertiary/aromatic N) is 2. The molecule has 0 amide bonds. The van der Waals surface area contributed by atoms with Crippen LogP contribution in [0.25, 0.3) is 0 Å². The van der Waals surface area contributed by atoms with Gasteiger partial charge in [0, 0.05) is 24.8 Å². The zero-order valence-corrected chi connectivity index (χ0v) is 12.2. The minimum absolute atomic E-state index is 0.226. The molecule has 0 radical (unpaired) electrons. The lowest BCUT2D eigenvalue weighted by Crippen LogP contribution is -2.34. The summed E-state index contributed by atoms with van der Waals surface area (Å²) >= 11 is 0. The lowest BCUT2D eigenvalue weighted by Gasteiger charge is -2.29. The van der Waals surface area contributed by atoms with Gasteiger partial charge in [-0.3, -0.25) is 0 Å². The largest absolute Gasteiger partial charge is 0.354 e. The van der Waals surface area contributed by atoms with E-state index in [0.717, 1.165) is 31.6 Å². The molecule has 0 saturated carbocycles. The summed E-state index contributed by atoms with van der Waals surface area (Å²) in [6, 6.07) is 4.86. The fraction of sp³-hybridized carbons (Fsp3) is 0.667. The minimum Gasteiger partial charge on any atom is -0.354 e. The van der Waals surface area contributed by atoms with Crippen molar-refractivity contribution in [2.45, 2.75) is 59.0 Å². The van der Waals surface area contributed by atoms with Crippen molar-refractivity contribution in [1.29, 1.82) is 0 Å². The van der Waals surface area contributed by atoms with Gasteiger partial charge >= 0.3 is 0 Å². The van der Waals surface area contributed by atoms with Gasteiger partial charge in [0.15, 0.2) is 0 Å². The maximum atomic E-state index is 6.08. The number of hydrogen-bond acceptors (Lipinski definition) is 3. The number of pyridine rings is 1. The molecule has 3 nitrogen and oxygen atoms in total. The van der Waals surface area contributed by atoms with Crippen LogP contribution in [0.4, 0.5) is 5.82 Å². The first-order chi connectivity index (χ1) is 8.60. The minimum atomic E-state index is 0.226. The van der Waals surface area contributed by atoms with E-state index in [1.165, 1.54) is 5.56 Å². The van der Waals surface area contributed by atoms with E-state index in [9.17, 15) is 0 Å². The predicted molar refractivity (Wildman–Crippen MR) is 79.0 cm³/mol. The van der Waals surface area contributed by atoms with Crippen LogP contribution in [0, 0.1) is 0 Å². The van der Waals surface area contributed by atoms with Crippen LogP contribution in [0.15, 0.2) is 18.3 Å². The van der Waals surface area contributed by atoms with Crippen molar-refractivity contribution < 1.29 is 0 Å². The highest BCUT2D eigenvalue weighted by Crippen LogP contribution is 2.21. The Morgan fingerprint density at radius 1 is 1.33 bits per heavy atom. The number of hydrogen-bond donors (Lipinski definition) is 1. The van der Waals surface area contributed by atoms with E-state index in [1.807, 2.05) is 12.3 Å². The lowest BCUT2D eigenvalue weighted by molar-refractivity contribution is 0.627. The van der Waals surface area contributed by atoms with Crippen LogP contribution in [0.1, 0.15) is 46.1 Å². The van der Waals surface area contributed by atoms with Gasteiger partial charge in [-0.1, -0.05) is 19.9 Å². The molecular formula is C15H27N3. The van der Waals surface area contributed by atoms with E-state index in [0.29, 0.717) is 6.04 Å². The van der Waals surface area contributed by atoms with Crippen LogP contribution in [0.3, 0.4) is 0 Å². The Bertz CT molecular complexity index is 349. The molecule has 18 heavy (non-hydrogen) atoms. The fourth-order valence-electron chi connectivity index (χ4n) is 2.12. The van der Waals surface area contributed by atoms with Gasteiger partial charge in [0.1, 0.15) is 5.82 Å². The molecule has 0 spiro atoms. The summed E-state index contributed by atoms with van der Waals surface area (Å²) in [6.07, 6.45) is 4.92. The molecule has 1 aromatic heterocycles. The first-order valence-electron chi connectivity index (χ1n) is 7.06. The summed E-state index contributed by atoms with van der Waals surface area (Å²) < 4.78 is 0. The van der Waals surface area contributed by atoms with Gasteiger partial charge in [-0.25, -0.2) is 4.98 Å². The van der Waals surface area contributed by atoms with Crippen molar-refractivity contribution in [3.05, 3.63) is 23.9 Å². The van der Waals surface area contributed by atoms with Crippen LogP contribution >= 0.6 is 0 Å². The van der Waals surface area contributed by atoms with E-state index in [2.05, 4.69) is 43.6 Å². The smallest absolute Gasteiger partial charge is 0.131 e. The molecule has 0 aliphatic heterocycles. The van der Waals surface area contributed by atoms with Crippen molar-refractivity contribution in [3.63, 3.8) is 0 Å². The molecule has 0 saturated heterocycles. The number of anilines is 1. The summed E-state index contributed by atoms with van der Waals surface area (Å²) in [5.74, 6) is 1.11. The van der Waals surface area contributed by atoms with Gasteiger partial charge in [0.2, 0.25) is 0 Å². The molecule has 0 aliphatic carbocycles. The Balaban J connectivity index is 2.98. The Morgan fingerprint density at radius 3 is 2.61 bits per heavy atom. The average Bonchev–Trinajstić information content (AvgIpc) is 2.36. The number of aromatic nitrogens is 1. The van der Waals surface area contributed by atoms with Crippen molar-refractivity contribution in [2.24, 2.45) is 5.73 Å². The van der Waals surface area contributed by atoms with E-state index in [1.54, 1.807) is 0 Å². The molecule has 1 atom stereocenters. The number of nitrogens with two attached hydrogens (primary N) is 1. The predicted octanol–water partition coefficient (Wildman–Crippen LogP) is 2.99. The summed E-state index contributed by atoms with van der Waals surface area (Å²) in [4.78, 5) is 6.95. The first-order valence-corrected chi connectivity index (χ1v) is 7.06. The Morgan fingerprint density at radius 2 is 2.06 bits per heavy atom. The molecule has 1 rings (SSSR count). The molecule has 0 aliphatic rings. The van der Waals surface area contributed by atoms with E-state index < -0.39 is 0 Å². The summed E-state index contributed by atoms with van der Waals surface area (Å²) in [7, 11) is 0. The van der Waals surface area contributed by atoms with E-state index >= 15 is 0 Å². The third kappa shape index (κ3) is 3.98. The van der Waals surface area contributed by atoms with Gasteiger partial charge in [-0.05, 0) is 44.7 Å². The fourth-order valence-corrected chi connectivity index (χ4v) is 2.12. The van der Waals surface area contributed by atoms with Crippen molar-refractivity contribution in [1.82, 2.24) is 4.98 Å². The zero-order chi connectivity index (χ0) is 13.5. The molecule has 1 aromatic rings. The van der Waals surface area contributed by atoms with Gasteiger partial charge in [-0.15, -0.1) is 0 Å². The molecule has 2 N–H and O–H groups in total. The molecule has 1 heterocycles. The summed E-state index contributed by atoms with van der Waals surface area (Å²) in [5.41, 5.74) is 7.35. The zero-order valence-electron chi connectivity index (χ0n) is 12.2. The van der Waals surface area contributed by atoms with Crippen LogP contribution in [0.2, 0.25) is 0 Å². The molecule has 3 heteroatoms. The van der Waals surface area contributed by atoms with Crippen LogP contribution < -0.4 is 10.6 Å². The molecule has 0 fully saturated rings. The second kappa shape index (κ2) is 7.37. The monoisotopic (exact) mass is 249 g/mol. The van der Waals surface area contributed by atoms with Crippen molar-refractivity contribution in [3.8, 4) is 0 Å². The highest BCUT2D eigenvalue weighted by atomic mass is 15.2. The second-order valence-corrected chi connectivity index (χ2v) is 5.15. The molecule has 0 aromatic carbocycles. The normalized spacial score (nSPS) is 12.8. The standard InChI is InChI=1S/C15H27N3/c1-5-10-18(12(3)4)15-13(8-7-9-17-15)11-14(16)6-2/h7-9,12,14H,5-6,10-11,16H2,1-4H3. The van der Waals surface area contributed by atoms with Crippen LogP contribution in [-0.2, 0) is 6.42 Å². The van der Waals surface area contributed by atoms with Gasteiger partial charge < -0.3 is 10.6 Å². The Kier molecular flexibility index (Phi) is 6.13. The van der Waals surface area contributed by atoms with Crippen LogP contribution in [-0.4, -0.2) is 23.6 Å². The molecular weight excluding hydrogens is 222 g/mol. The Hall–Kier alpha value is -1.09. The quantitative estimate of drug-likeness (QED) is 0.807. The highest BCUT2D eigenvalue weighted by molar-refractivity contribution is 5.47. The molecule has 1 unspecified atom stereocenters. The number of rotatable bonds is 7. The topological polar surface area (TPSA) is 42.2 Å². The highest BCUT2D eigenvalue weighted by Gasteiger charge is 2.15. The SMILES string of the molecule is CCCN(c1ncccc1CC(N)CC)C(C)C. The third-order valence-corrected chi connectivity index (χ3v) is 3.23. The summed E-state index contributed by atoms with van der Waals surface area (Å²) in [5, 5.41) is 0.